The maximum absolute atomic E-state index is 11.4. The van der Waals surface area contributed by atoms with Crippen LogP contribution in [0.4, 0.5) is 0 Å². The van der Waals surface area contributed by atoms with Crippen LogP contribution in [0.25, 0.3) is 5.69 Å². The van der Waals surface area contributed by atoms with Gasteiger partial charge in [-0.3, -0.25) is 4.79 Å². The van der Waals surface area contributed by atoms with Gasteiger partial charge in [0.05, 0.1) is 16.9 Å². The molecule has 0 bridgehead atoms. The Labute approximate surface area is 123 Å². The monoisotopic (exact) mass is 288 g/mol. The van der Waals surface area contributed by atoms with Crippen molar-refractivity contribution in [2.45, 2.75) is 38.5 Å². The van der Waals surface area contributed by atoms with E-state index < -0.39 is 0 Å². The molecule has 3 rings (SSSR count). The van der Waals surface area contributed by atoms with E-state index in [1.807, 2.05) is 31.2 Å². The molecule has 1 fully saturated rings. The highest BCUT2D eigenvalue weighted by Gasteiger charge is 2.26. The van der Waals surface area contributed by atoms with E-state index in [1.165, 1.54) is 12.8 Å². The Morgan fingerprint density at radius 3 is 2.65 bits per heavy atom. The number of hydrogen-bond acceptors (Lipinski definition) is 2. The van der Waals surface area contributed by atoms with Crippen molar-refractivity contribution in [3.63, 3.8) is 0 Å². The molecule has 1 aliphatic rings. The van der Waals surface area contributed by atoms with Crippen molar-refractivity contribution in [2.75, 3.05) is 0 Å². The van der Waals surface area contributed by atoms with Gasteiger partial charge in [0.2, 0.25) is 0 Å². The molecule has 0 amide bonds. The summed E-state index contributed by atoms with van der Waals surface area (Å²) >= 11 is 6.38. The summed E-state index contributed by atoms with van der Waals surface area (Å²) in [5.41, 5.74) is 3.45. The topological polar surface area (TPSA) is 34.9 Å². The van der Waals surface area contributed by atoms with Gasteiger partial charge in [0.15, 0.2) is 6.29 Å². The molecule has 0 saturated heterocycles. The molecule has 4 heteroatoms. The Morgan fingerprint density at radius 2 is 2.00 bits per heavy atom. The Kier molecular flexibility index (Phi) is 3.62. The zero-order chi connectivity index (χ0) is 14.1. The van der Waals surface area contributed by atoms with Crippen molar-refractivity contribution in [1.82, 2.24) is 9.78 Å². The number of aryl methyl sites for hydroxylation is 1. The van der Waals surface area contributed by atoms with Gasteiger partial charge in [0.25, 0.3) is 0 Å². The number of aldehydes is 1. The molecule has 1 aromatic carbocycles. The normalized spacial score (nSPS) is 15.7. The Bertz CT molecular complexity index is 642. The molecule has 20 heavy (non-hydrogen) atoms. The summed E-state index contributed by atoms with van der Waals surface area (Å²) in [4.78, 5) is 11.4. The van der Waals surface area contributed by atoms with Crippen molar-refractivity contribution in [3.8, 4) is 5.69 Å². The minimum atomic E-state index is 0.373. The fourth-order valence-corrected chi connectivity index (χ4v) is 3.27. The summed E-state index contributed by atoms with van der Waals surface area (Å²) in [6.07, 6.45) is 5.46. The van der Waals surface area contributed by atoms with Gasteiger partial charge >= 0.3 is 0 Å². The molecular weight excluding hydrogens is 272 g/mol. The average molecular weight is 289 g/mol. The van der Waals surface area contributed by atoms with Gasteiger partial charge < -0.3 is 0 Å². The molecule has 0 aliphatic heterocycles. The smallest absolute Gasteiger partial charge is 0.155 e. The Morgan fingerprint density at radius 1 is 1.30 bits per heavy atom. The zero-order valence-electron chi connectivity index (χ0n) is 11.5. The fraction of sp³-hybridized carbons (Fsp3) is 0.375. The van der Waals surface area contributed by atoms with Gasteiger partial charge in [-0.05, 0) is 31.4 Å². The number of carbonyl (C=O) groups excluding carboxylic acids is 1. The van der Waals surface area contributed by atoms with Crippen molar-refractivity contribution in [1.29, 1.82) is 0 Å². The summed E-state index contributed by atoms with van der Waals surface area (Å²) in [6, 6.07) is 7.93. The average Bonchev–Trinajstić information content (AvgIpc) is 3.07. The molecule has 1 heterocycles. The van der Waals surface area contributed by atoms with Crippen molar-refractivity contribution in [3.05, 3.63) is 46.2 Å². The van der Waals surface area contributed by atoms with Crippen LogP contribution in [0.1, 0.15) is 53.2 Å². The van der Waals surface area contributed by atoms with Gasteiger partial charge in [-0.25, -0.2) is 4.68 Å². The van der Waals surface area contributed by atoms with E-state index in [9.17, 15) is 4.79 Å². The van der Waals surface area contributed by atoms with Crippen LogP contribution in [0.3, 0.4) is 0 Å². The summed E-state index contributed by atoms with van der Waals surface area (Å²) in [7, 11) is 0. The lowest BCUT2D eigenvalue weighted by Gasteiger charge is -2.07. The van der Waals surface area contributed by atoms with Gasteiger partial charge in [0.1, 0.15) is 5.15 Å². The summed E-state index contributed by atoms with van der Waals surface area (Å²) in [5.74, 6) is 0.373. The highest BCUT2D eigenvalue weighted by Crippen LogP contribution is 2.37. The predicted octanol–water partition coefficient (Wildman–Crippen LogP) is 4.30. The predicted molar refractivity (Wildman–Crippen MR) is 79.9 cm³/mol. The van der Waals surface area contributed by atoms with Gasteiger partial charge in [-0.2, -0.15) is 5.10 Å². The van der Waals surface area contributed by atoms with Crippen LogP contribution in [0.5, 0.6) is 0 Å². The number of hydrogen-bond donors (Lipinski definition) is 0. The van der Waals surface area contributed by atoms with Crippen molar-refractivity contribution >= 4 is 17.9 Å². The van der Waals surface area contributed by atoms with E-state index in [-0.39, 0.29) is 0 Å². The first-order valence-corrected chi connectivity index (χ1v) is 7.39. The van der Waals surface area contributed by atoms with E-state index in [2.05, 4.69) is 5.10 Å². The van der Waals surface area contributed by atoms with Gasteiger partial charge in [-0.1, -0.05) is 42.6 Å². The first-order valence-electron chi connectivity index (χ1n) is 7.02. The van der Waals surface area contributed by atoms with Crippen LogP contribution in [0.2, 0.25) is 5.15 Å². The van der Waals surface area contributed by atoms with Crippen molar-refractivity contribution < 1.29 is 4.79 Å². The molecule has 0 N–H and O–H groups in total. The van der Waals surface area contributed by atoms with E-state index >= 15 is 0 Å². The molecule has 0 atom stereocenters. The van der Waals surface area contributed by atoms with E-state index in [1.54, 1.807) is 4.68 Å². The first kappa shape index (κ1) is 13.4. The number of nitrogens with zero attached hydrogens (tertiary/aromatic N) is 2. The minimum Gasteiger partial charge on any atom is -0.298 e. The maximum Gasteiger partial charge on any atom is 0.155 e. The molecule has 1 saturated carbocycles. The summed E-state index contributed by atoms with van der Waals surface area (Å²) < 4.78 is 1.70. The number of aromatic nitrogens is 2. The lowest BCUT2D eigenvalue weighted by atomic mass is 10.0. The van der Waals surface area contributed by atoms with Crippen LogP contribution in [0.15, 0.2) is 24.3 Å². The standard InChI is InChI=1S/C16H17ClN2O/c1-11-6-2-5-9-14(11)19-16(17)13(10-20)15(18-19)12-7-3-4-8-12/h2,5-6,9-10,12H,3-4,7-8H2,1H3. The molecule has 0 unspecified atom stereocenters. The molecule has 0 radical (unpaired) electrons. The highest BCUT2D eigenvalue weighted by atomic mass is 35.5. The van der Waals surface area contributed by atoms with Crippen LogP contribution in [-0.4, -0.2) is 16.1 Å². The second-order valence-electron chi connectivity index (χ2n) is 5.39. The van der Waals surface area contributed by atoms with Gasteiger partial charge in [0, 0.05) is 5.92 Å². The number of para-hydroxylation sites is 1. The SMILES string of the molecule is Cc1ccccc1-n1nc(C2CCCC2)c(C=O)c1Cl. The van der Waals surface area contributed by atoms with E-state index in [0.717, 1.165) is 36.1 Å². The third-order valence-corrected chi connectivity index (χ3v) is 4.46. The second kappa shape index (κ2) is 5.41. The van der Waals surface area contributed by atoms with Crippen molar-refractivity contribution in [2.24, 2.45) is 0 Å². The van der Waals surface area contributed by atoms with Gasteiger partial charge in [-0.15, -0.1) is 0 Å². The Hall–Kier alpha value is -1.61. The third kappa shape index (κ3) is 2.16. The quantitative estimate of drug-likeness (QED) is 0.789. The lowest BCUT2D eigenvalue weighted by Crippen LogP contribution is -2.01. The van der Waals surface area contributed by atoms with Crippen LogP contribution in [-0.2, 0) is 0 Å². The number of halogens is 1. The molecule has 0 spiro atoms. The molecule has 2 aromatic rings. The zero-order valence-corrected chi connectivity index (χ0v) is 12.2. The molecule has 1 aromatic heterocycles. The lowest BCUT2D eigenvalue weighted by molar-refractivity contribution is 0.112. The minimum absolute atomic E-state index is 0.373. The summed E-state index contributed by atoms with van der Waals surface area (Å²) in [5, 5.41) is 5.07. The highest BCUT2D eigenvalue weighted by molar-refractivity contribution is 6.32. The van der Waals surface area contributed by atoms with E-state index in [4.69, 9.17) is 11.6 Å². The largest absolute Gasteiger partial charge is 0.298 e. The van der Waals surface area contributed by atoms with Crippen LogP contribution >= 0.6 is 11.6 Å². The molecular formula is C16H17ClN2O. The summed E-state index contributed by atoms with van der Waals surface area (Å²) in [6.45, 7) is 2.02. The molecule has 3 nitrogen and oxygen atoms in total. The fourth-order valence-electron chi connectivity index (χ4n) is 3.00. The number of carbonyl (C=O) groups is 1. The molecule has 1 aliphatic carbocycles. The third-order valence-electron chi connectivity index (χ3n) is 4.10. The van der Waals surface area contributed by atoms with Crippen LogP contribution < -0.4 is 0 Å². The number of rotatable bonds is 3. The Balaban J connectivity index is 2.13. The van der Waals surface area contributed by atoms with E-state index in [0.29, 0.717) is 16.6 Å². The maximum atomic E-state index is 11.4. The van der Waals surface area contributed by atoms with Crippen LogP contribution in [0, 0.1) is 6.92 Å². The molecule has 104 valence electrons. The second-order valence-corrected chi connectivity index (χ2v) is 5.75. The number of benzene rings is 1. The first-order chi connectivity index (χ1) is 9.72.